The smallest absolute Gasteiger partial charge is 0.289 e. The fourth-order valence-corrected chi connectivity index (χ4v) is 4.61. The van der Waals surface area contributed by atoms with Crippen molar-refractivity contribution in [1.82, 2.24) is 4.90 Å². The second-order valence-corrected chi connectivity index (χ2v) is 9.12. The van der Waals surface area contributed by atoms with Crippen LogP contribution in [0.1, 0.15) is 16.7 Å². The van der Waals surface area contributed by atoms with Crippen LogP contribution >= 0.6 is 23.4 Å². The zero-order valence-corrected chi connectivity index (χ0v) is 19.4. The van der Waals surface area contributed by atoms with Crippen LogP contribution in [0.25, 0.3) is 0 Å². The number of carbonyl (C=O) groups is 2. The molecule has 3 aromatic carbocycles. The Morgan fingerprint density at radius 1 is 0.939 bits per heavy atom. The Morgan fingerprint density at radius 3 is 2.30 bits per heavy atom. The van der Waals surface area contributed by atoms with Crippen molar-refractivity contribution in [2.24, 2.45) is 0 Å². The monoisotopic (exact) mass is 485 g/mol. The van der Waals surface area contributed by atoms with Gasteiger partial charge in [-0.1, -0.05) is 53.7 Å². The molecule has 5 nitrogen and oxygen atoms in total. The molecule has 0 saturated carbocycles. The fraction of sp³-hybridized carbons (Fsp3) is 0.200. The van der Waals surface area contributed by atoms with Crippen LogP contribution in [-0.4, -0.2) is 28.4 Å². The summed E-state index contributed by atoms with van der Waals surface area (Å²) in [6, 6.07) is 18.6. The van der Waals surface area contributed by atoms with Gasteiger partial charge >= 0.3 is 0 Å². The summed E-state index contributed by atoms with van der Waals surface area (Å²) in [4.78, 5) is 26.6. The number of imide groups is 1. The molecule has 1 saturated heterocycles. The molecule has 1 heterocycles. The van der Waals surface area contributed by atoms with Crippen molar-refractivity contribution in [2.45, 2.75) is 24.8 Å². The lowest BCUT2D eigenvalue weighted by atomic mass is 10.1. The first-order valence-corrected chi connectivity index (χ1v) is 11.5. The molecule has 1 aliphatic rings. The molecule has 2 amide bonds. The van der Waals surface area contributed by atoms with Crippen molar-refractivity contribution < 1.29 is 23.5 Å². The van der Waals surface area contributed by atoms with Crippen molar-refractivity contribution in [2.75, 3.05) is 7.11 Å². The highest BCUT2D eigenvalue weighted by Crippen LogP contribution is 2.34. The number of hydrogen-bond acceptors (Lipinski definition) is 5. The van der Waals surface area contributed by atoms with Crippen molar-refractivity contribution in [3.05, 3.63) is 94.3 Å². The lowest BCUT2D eigenvalue weighted by Gasteiger charge is -2.15. The van der Waals surface area contributed by atoms with Crippen LogP contribution in [0, 0.1) is 5.82 Å². The molecule has 0 unspecified atom stereocenters. The van der Waals surface area contributed by atoms with Crippen LogP contribution in [0.3, 0.4) is 0 Å². The normalized spacial score (nSPS) is 15.7. The second-order valence-electron chi connectivity index (χ2n) is 7.53. The van der Waals surface area contributed by atoms with E-state index >= 15 is 0 Å². The Balaban J connectivity index is 1.40. The highest BCUT2D eigenvalue weighted by Gasteiger charge is 2.39. The maximum atomic E-state index is 13.1. The molecule has 1 atom stereocenters. The van der Waals surface area contributed by atoms with E-state index in [9.17, 15) is 14.0 Å². The van der Waals surface area contributed by atoms with Crippen LogP contribution in [0.15, 0.2) is 66.7 Å². The van der Waals surface area contributed by atoms with Crippen molar-refractivity contribution >= 4 is 34.5 Å². The number of carbonyl (C=O) groups excluding carboxylic acids is 2. The van der Waals surface area contributed by atoms with Crippen LogP contribution < -0.4 is 9.47 Å². The molecule has 0 radical (unpaired) electrons. The van der Waals surface area contributed by atoms with Gasteiger partial charge in [-0.2, -0.15) is 0 Å². The molecule has 0 spiro atoms. The number of ether oxygens (including phenoxy) is 2. The van der Waals surface area contributed by atoms with E-state index in [4.69, 9.17) is 21.1 Å². The van der Waals surface area contributed by atoms with Gasteiger partial charge in [-0.25, -0.2) is 4.39 Å². The Morgan fingerprint density at radius 2 is 1.61 bits per heavy atom. The summed E-state index contributed by atoms with van der Waals surface area (Å²) in [7, 11) is 1.54. The van der Waals surface area contributed by atoms with E-state index in [1.807, 2.05) is 6.07 Å². The van der Waals surface area contributed by atoms with E-state index in [0.717, 1.165) is 28.5 Å². The van der Waals surface area contributed by atoms with Gasteiger partial charge in [0.2, 0.25) is 5.91 Å². The van der Waals surface area contributed by atoms with Gasteiger partial charge in [0.15, 0.2) is 11.5 Å². The molecule has 1 aliphatic heterocycles. The van der Waals surface area contributed by atoms with E-state index in [1.165, 1.54) is 24.1 Å². The minimum Gasteiger partial charge on any atom is -0.493 e. The zero-order chi connectivity index (χ0) is 23.4. The summed E-state index contributed by atoms with van der Waals surface area (Å²) in [5, 5.41) is -0.157. The molecule has 0 bridgehead atoms. The predicted octanol–water partition coefficient (Wildman–Crippen LogP) is 5.87. The summed E-state index contributed by atoms with van der Waals surface area (Å²) in [6.45, 7) is 0.485. The summed E-state index contributed by atoms with van der Waals surface area (Å²) in [5.74, 6) is 0.548. The minimum atomic E-state index is -0.500. The Kier molecular flexibility index (Phi) is 7.20. The number of rotatable bonds is 8. The van der Waals surface area contributed by atoms with E-state index in [1.54, 1.807) is 48.5 Å². The number of thioether (sulfide) groups is 1. The number of nitrogens with zero attached hydrogens (tertiary/aromatic N) is 1. The molecule has 0 aliphatic carbocycles. The third-order valence-corrected chi connectivity index (χ3v) is 6.54. The lowest BCUT2D eigenvalue weighted by molar-refractivity contribution is -0.127. The zero-order valence-electron chi connectivity index (χ0n) is 17.8. The molecular formula is C25H21ClFNO4S. The van der Waals surface area contributed by atoms with E-state index in [-0.39, 0.29) is 30.1 Å². The third kappa shape index (κ3) is 5.67. The first-order chi connectivity index (χ1) is 15.9. The molecule has 33 heavy (non-hydrogen) atoms. The van der Waals surface area contributed by atoms with Crippen LogP contribution in [0.5, 0.6) is 11.5 Å². The molecule has 0 aromatic heterocycles. The Bertz CT molecular complexity index is 1150. The first kappa shape index (κ1) is 23.1. The van der Waals surface area contributed by atoms with Gasteiger partial charge in [0, 0.05) is 5.02 Å². The number of hydrogen-bond donors (Lipinski definition) is 0. The Hall–Kier alpha value is -3.03. The third-order valence-electron chi connectivity index (χ3n) is 5.22. The summed E-state index contributed by atoms with van der Waals surface area (Å²) >= 11 is 6.94. The van der Waals surface area contributed by atoms with Gasteiger partial charge in [0.05, 0.1) is 18.9 Å². The second kappa shape index (κ2) is 10.3. The van der Waals surface area contributed by atoms with Crippen LogP contribution in [0.2, 0.25) is 5.02 Å². The SMILES string of the molecule is COc1cc(C[C@H]2SC(=O)N(Cc3ccc(Cl)cc3)C2=O)ccc1OCc1ccc(F)cc1. The quantitative estimate of drug-likeness (QED) is 0.399. The van der Waals surface area contributed by atoms with Crippen LogP contribution in [-0.2, 0) is 24.4 Å². The van der Waals surface area contributed by atoms with Gasteiger partial charge < -0.3 is 9.47 Å². The molecule has 1 fully saturated rings. The molecular weight excluding hydrogens is 465 g/mol. The standard InChI is InChI=1S/C25H21ClFNO4S/c1-31-22-12-18(6-11-21(22)32-15-17-4-9-20(27)10-5-17)13-23-24(29)28(25(30)33-23)14-16-2-7-19(26)8-3-16/h2-12,23H,13-15H2,1H3/t23-/m1/s1. The highest BCUT2D eigenvalue weighted by atomic mass is 35.5. The fourth-order valence-electron chi connectivity index (χ4n) is 3.46. The predicted molar refractivity (Wildman–Crippen MR) is 126 cm³/mol. The largest absolute Gasteiger partial charge is 0.493 e. The van der Waals surface area contributed by atoms with E-state index in [2.05, 4.69) is 0 Å². The van der Waals surface area contributed by atoms with Gasteiger partial charge in [-0.05, 0) is 59.5 Å². The molecule has 0 N–H and O–H groups in total. The number of benzene rings is 3. The average Bonchev–Trinajstić information content (AvgIpc) is 3.07. The average molecular weight is 486 g/mol. The molecule has 3 aromatic rings. The van der Waals surface area contributed by atoms with E-state index in [0.29, 0.717) is 22.9 Å². The van der Waals surface area contributed by atoms with Gasteiger partial charge in [-0.15, -0.1) is 0 Å². The van der Waals surface area contributed by atoms with Gasteiger partial charge in [0.1, 0.15) is 12.4 Å². The van der Waals surface area contributed by atoms with Crippen molar-refractivity contribution in [1.29, 1.82) is 0 Å². The van der Waals surface area contributed by atoms with Crippen LogP contribution in [0.4, 0.5) is 9.18 Å². The maximum absolute atomic E-state index is 13.1. The van der Waals surface area contributed by atoms with Gasteiger partial charge in [-0.3, -0.25) is 14.5 Å². The molecule has 8 heteroatoms. The topological polar surface area (TPSA) is 55.8 Å². The highest BCUT2D eigenvalue weighted by molar-refractivity contribution is 8.15. The summed E-state index contributed by atoms with van der Waals surface area (Å²) in [5.41, 5.74) is 2.52. The lowest BCUT2D eigenvalue weighted by Crippen LogP contribution is -2.31. The van der Waals surface area contributed by atoms with Gasteiger partial charge in [0.25, 0.3) is 5.24 Å². The number of halogens is 2. The summed E-state index contributed by atoms with van der Waals surface area (Å²) in [6.07, 6.45) is 0.390. The Labute approximate surface area is 200 Å². The number of methoxy groups -OCH3 is 1. The summed E-state index contributed by atoms with van der Waals surface area (Å²) < 4.78 is 24.3. The number of amides is 2. The van der Waals surface area contributed by atoms with Crippen molar-refractivity contribution in [3.63, 3.8) is 0 Å². The van der Waals surface area contributed by atoms with E-state index < -0.39 is 5.25 Å². The molecule has 4 rings (SSSR count). The minimum absolute atomic E-state index is 0.212. The maximum Gasteiger partial charge on any atom is 0.289 e. The first-order valence-electron chi connectivity index (χ1n) is 10.2. The van der Waals surface area contributed by atoms with Crippen molar-refractivity contribution in [3.8, 4) is 11.5 Å². The molecule has 170 valence electrons.